The smallest absolute Gasteiger partial charge is 0.270 e. The second kappa shape index (κ2) is 4.19. The molecule has 1 aromatic carbocycles. The van der Waals surface area contributed by atoms with Crippen LogP contribution < -0.4 is 0 Å². The fourth-order valence-electron chi connectivity index (χ4n) is 1.06. The molecular weight excluding hydrogens is 206 g/mol. The Morgan fingerprint density at radius 3 is 2.64 bits per heavy atom. The molecule has 0 unspecified atom stereocenters. The van der Waals surface area contributed by atoms with Gasteiger partial charge in [-0.3, -0.25) is 14.9 Å². The van der Waals surface area contributed by atoms with Crippen LogP contribution in [0, 0.1) is 10.1 Å². The number of nitrogens with zero attached hydrogens (tertiary/aromatic N) is 1. The van der Waals surface area contributed by atoms with Crippen LogP contribution in [0.4, 0.5) is 5.69 Å². The molecule has 0 spiro atoms. The summed E-state index contributed by atoms with van der Waals surface area (Å²) in [6, 6.07) is 4.09. The van der Waals surface area contributed by atoms with Crippen LogP contribution in [-0.2, 0) is 11.2 Å². The minimum absolute atomic E-state index is 0.0271. The predicted octanol–water partition coefficient (Wildman–Crippen LogP) is 2.38. The second-order valence-electron chi connectivity index (χ2n) is 2.91. The Balaban J connectivity index is 3.01. The standard InChI is InChI=1S/C9H8ClNO3/c1-6(12)4-7-2-3-8(11(13)14)5-9(7)10/h2-3,5H,4H2,1H3. The van der Waals surface area contributed by atoms with E-state index in [4.69, 9.17) is 11.6 Å². The van der Waals surface area contributed by atoms with Gasteiger partial charge in [0.05, 0.1) is 9.95 Å². The van der Waals surface area contributed by atoms with E-state index in [1.807, 2.05) is 0 Å². The molecule has 0 radical (unpaired) electrons. The molecule has 0 saturated carbocycles. The average molecular weight is 214 g/mol. The number of hydrogen-bond acceptors (Lipinski definition) is 3. The Hall–Kier alpha value is -1.42. The number of rotatable bonds is 3. The molecule has 4 nitrogen and oxygen atoms in total. The van der Waals surface area contributed by atoms with Crippen LogP contribution in [0.1, 0.15) is 12.5 Å². The first kappa shape index (κ1) is 10.7. The summed E-state index contributed by atoms with van der Waals surface area (Å²) in [5.41, 5.74) is 0.548. The maximum Gasteiger partial charge on any atom is 0.270 e. The fourth-order valence-corrected chi connectivity index (χ4v) is 1.30. The van der Waals surface area contributed by atoms with Crippen LogP contribution >= 0.6 is 11.6 Å². The van der Waals surface area contributed by atoms with E-state index in [9.17, 15) is 14.9 Å². The van der Waals surface area contributed by atoms with Gasteiger partial charge in [-0.1, -0.05) is 17.7 Å². The van der Waals surface area contributed by atoms with Gasteiger partial charge in [-0.15, -0.1) is 0 Å². The number of benzene rings is 1. The number of halogens is 1. The Labute approximate surface area is 85.6 Å². The van der Waals surface area contributed by atoms with Crippen molar-refractivity contribution in [2.75, 3.05) is 0 Å². The molecule has 5 heteroatoms. The van der Waals surface area contributed by atoms with E-state index >= 15 is 0 Å². The van der Waals surface area contributed by atoms with Crippen LogP contribution in [0.25, 0.3) is 0 Å². The molecule has 0 aliphatic heterocycles. The summed E-state index contributed by atoms with van der Waals surface area (Å²) in [5, 5.41) is 10.6. The maximum absolute atomic E-state index is 10.8. The number of ketones is 1. The number of carbonyl (C=O) groups excluding carboxylic acids is 1. The van der Waals surface area contributed by atoms with Crippen molar-refractivity contribution in [2.24, 2.45) is 0 Å². The van der Waals surface area contributed by atoms with Gasteiger partial charge in [-0.2, -0.15) is 0 Å². The Morgan fingerprint density at radius 2 is 2.21 bits per heavy atom. The Kier molecular flexibility index (Phi) is 3.19. The molecular formula is C9H8ClNO3. The van der Waals surface area contributed by atoms with Crippen molar-refractivity contribution >= 4 is 23.1 Å². The monoisotopic (exact) mass is 213 g/mol. The van der Waals surface area contributed by atoms with Crippen molar-refractivity contribution < 1.29 is 9.72 Å². The third kappa shape index (κ3) is 2.53. The van der Waals surface area contributed by atoms with Gasteiger partial charge in [0.1, 0.15) is 5.78 Å². The lowest BCUT2D eigenvalue weighted by Crippen LogP contribution is -1.97. The van der Waals surface area contributed by atoms with Gasteiger partial charge in [0.25, 0.3) is 5.69 Å². The lowest BCUT2D eigenvalue weighted by Gasteiger charge is -2.00. The zero-order chi connectivity index (χ0) is 10.7. The molecule has 0 aromatic heterocycles. The van der Waals surface area contributed by atoms with Crippen LogP contribution in [0.3, 0.4) is 0 Å². The molecule has 0 heterocycles. The van der Waals surface area contributed by atoms with Crippen LogP contribution in [0.5, 0.6) is 0 Å². The summed E-state index contributed by atoms with van der Waals surface area (Å²) in [7, 11) is 0. The van der Waals surface area contributed by atoms with E-state index in [2.05, 4.69) is 0 Å². The molecule has 74 valence electrons. The molecule has 0 atom stereocenters. The van der Waals surface area contributed by atoms with Gasteiger partial charge < -0.3 is 0 Å². The van der Waals surface area contributed by atoms with Crippen molar-refractivity contribution in [3.05, 3.63) is 38.9 Å². The van der Waals surface area contributed by atoms with Gasteiger partial charge >= 0.3 is 0 Å². The van der Waals surface area contributed by atoms with E-state index < -0.39 is 4.92 Å². The molecule has 14 heavy (non-hydrogen) atoms. The minimum atomic E-state index is -0.524. The zero-order valence-corrected chi connectivity index (χ0v) is 8.25. The molecule has 0 amide bonds. The molecule has 0 saturated heterocycles. The van der Waals surface area contributed by atoms with Crippen molar-refractivity contribution in [3.63, 3.8) is 0 Å². The molecule has 0 fully saturated rings. The largest absolute Gasteiger partial charge is 0.300 e. The van der Waals surface area contributed by atoms with Gasteiger partial charge in [-0.25, -0.2) is 0 Å². The number of nitro groups is 1. The van der Waals surface area contributed by atoms with Crippen molar-refractivity contribution in [3.8, 4) is 0 Å². The van der Waals surface area contributed by atoms with Gasteiger partial charge in [0.2, 0.25) is 0 Å². The highest BCUT2D eigenvalue weighted by atomic mass is 35.5. The van der Waals surface area contributed by atoms with Crippen LogP contribution in [0.15, 0.2) is 18.2 Å². The van der Waals surface area contributed by atoms with Crippen molar-refractivity contribution in [2.45, 2.75) is 13.3 Å². The summed E-state index contributed by atoms with van der Waals surface area (Å²) in [4.78, 5) is 20.6. The van der Waals surface area contributed by atoms with E-state index in [1.54, 1.807) is 0 Å². The lowest BCUT2D eigenvalue weighted by atomic mass is 10.1. The molecule has 0 bridgehead atoms. The first-order chi connectivity index (χ1) is 6.50. The number of Topliss-reactive ketones (excluding diaryl/α,β-unsaturated/α-hetero) is 1. The first-order valence-electron chi connectivity index (χ1n) is 3.93. The summed E-state index contributed by atoms with van der Waals surface area (Å²) in [6.45, 7) is 1.44. The average Bonchev–Trinajstić information content (AvgIpc) is 2.07. The third-order valence-corrected chi connectivity index (χ3v) is 2.04. The highest BCUT2D eigenvalue weighted by molar-refractivity contribution is 6.31. The van der Waals surface area contributed by atoms with Gasteiger partial charge in [0, 0.05) is 18.6 Å². The summed E-state index contributed by atoms with van der Waals surface area (Å²) in [5.74, 6) is -0.0271. The van der Waals surface area contributed by atoms with Crippen molar-refractivity contribution in [1.29, 1.82) is 0 Å². The molecule has 0 aliphatic rings. The number of non-ortho nitro benzene ring substituents is 1. The quantitative estimate of drug-likeness (QED) is 0.572. The molecule has 1 aromatic rings. The van der Waals surface area contributed by atoms with Gasteiger partial charge in [-0.05, 0) is 12.5 Å². The van der Waals surface area contributed by atoms with E-state index in [1.165, 1.54) is 25.1 Å². The third-order valence-electron chi connectivity index (χ3n) is 1.69. The summed E-state index contributed by atoms with van der Waals surface area (Å²) >= 11 is 5.76. The van der Waals surface area contributed by atoms with Crippen LogP contribution in [-0.4, -0.2) is 10.7 Å². The Bertz CT molecular complexity index is 390. The minimum Gasteiger partial charge on any atom is -0.300 e. The van der Waals surface area contributed by atoms with E-state index in [-0.39, 0.29) is 22.9 Å². The normalized spacial score (nSPS) is 9.86. The molecule has 0 N–H and O–H groups in total. The van der Waals surface area contributed by atoms with Gasteiger partial charge in [0.15, 0.2) is 0 Å². The van der Waals surface area contributed by atoms with E-state index in [0.717, 1.165) is 0 Å². The number of carbonyl (C=O) groups is 1. The number of hydrogen-bond donors (Lipinski definition) is 0. The summed E-state index contributed by atoms with van der Waals surface area (Å²) in [6.07, 6.45) is 0.205. The highest BCUT2D eigenvalue weighted by Gasteiger charge is 2.10. The Morgan fingerprint density at radius 1 is 1.57 bits per heavy atom. The van der Waals surface area contributed by atoms with Crippen LogP contribution in [0.2, 0.25) is 5.02 Å². The SMILES string of the molecule is CC(=O)Cc1ccc([N+](=O)[O-])cc1Cl. The molecule has 0 aliphatic carbocycles. The zero-order valence-electron chi connectivity index (χ0n) is 7.49. The summed E-state index contributed by atoms with van der Waals surface area (Å²) < 4.78 is 0. The maximum atomic E-state index is 10.8. The highest BCUT2D eigenvalue weighted by Crippen LogP contribution is 2.22. The number of nitro benzene ring substituents is 1. The van der Waals surface area contributed by atoms with E-state index in [0.29, 0.717) is 5.56 Å². The molecule has 1 rings (SSSR count). The van der Waals surface area contributed by atoms with Crippen molar-refractivity contribution in [1.82, 2.24) is 0 Å². The second-order valence-corrected chi connectivity index (χ2v) is 3.32. The predicted molar refractivity (Wildman–Crippen MR) is 52.5 cm³/mol. The lowest BCUT2D eigenvalue weighted by molar-refractivity contribution is -0.384. The topological polar surface area (TPSA) is 60.2 Å². The fraction of sp³-hybridized carbons (Fsp3) is 0.222. The first-order valence-corrected chi connectivity index (χ1v) is 4.30.